The van der Waals surface area contributed by atoms with Crippen LogP contribution in [0.1, 0.15) is 33.1 Å². The van der Waals surface area contributed by atoms with E-state index in [9.17, 15) is 9.59 Å². The van der Waals surface area contributed by atoms with E-state index in [-0.39, 0.29) is 5.56 Å². The number of hydrogen-bond donors (Lipinski definition) is 2. The first kappa shape index (κ1) is 14.4. The standard InChI is InChI=1S/C13H21N5O2/c1-4-6-7-8-14-12-15-10-9(18(12)5-2)11(19)16-13(20)17(10)3/h4-8H2,1-3H3,(H,14,15)(H,16,19,20). The summed E-state index contributed by atoms with van der Waals surface area (Å²) >= 11 is 0. The molecule has 2 aromatic heterocycles. The first-order chi connectivity index (χ1) is 9.60. The molecule has 0 amide bonds. The Hall–Kier alpha value is -2.05. The lowest BCUT2D eigenvalue weighted by Crippen LogP contribution is -2.29. The minimum absolute atomic E-state index is 0.390. The van der Waals surface area contributed by atoms with Gasteiger partial charge in [0.25, 0.3) is 5.56 Å². The van der Waals surface area contributed by atoms with Crippen LogP contribution in [0, 0.1) is 0 Å². The van der Waals surface area contributed by atoms with Crippen molar-refractivity contribution >= 4 is 17.1 Å². The van der Waals surface area contributed by atoms with Gasteiger partial charge in [-0.05, 0) is 13.3 Å². The van der Waals surface area contributed by atoms with Gasteiger partial charge in [-0.1, -0.05) is 19.8 Å². The molecule has 0 radical (unpaired) electrons. The van der Waals surface area contributed by atoms with E-state index >= 15 is 0 Å². The number of aromatic nitrogens is 4. The maximum Gasteiger partial charge on any atom is 0.329 e. The number of nitrogens with one attached hydrogen (secondary N) is 2. The fraction of sp³-hybridized carbons (Fsp3) is 0.615. The Balaban J connectivity index is 2.46. The second-order valence-corrected chi connectivity index (χ2v) is 4.80. The number of aromatic amines is 1. The van der Waals surface area contributed by atoms with Gasteiger partial charge in [-0.25, -0.2) is 4.79 Å². The number of rotatable bonds is 6. The zero-order valence-electron chi connectivity index (χ0n) is 12.2. The number of unbranched alkanes of at least 4 members (excludes halogenated alkanes) is 2. The number of aryl methyl sites for hydroxylation is 2. The van der Waals surface area contributed by atoms with Crippen LogP contribution in [0.3, 0.4) is 0 Å². The third kappa shape index (κ3) is 2.48. The molecule has 0 aliphatic heterocycles. The van der Waals surface area contributed by atoms with Gasteiger partial charge in [0.1, 0.15) is 0 Å². The fourth-order valence-corrected chi connectivity index (χ4v) is 2.25. The first-order valence-electron chi connectivity index (χ1n) is 7.03. The van der Waals surface area contributed by atoms with Gasteiger partial charge in [0.05, 0.1) is 0 Å². The zero-order valence-corrected chi connectivity index (χ0v) is 12.2. The summed E-state index contributed by atoms with van der Waals surface area (Å²) < 4.78 is 3.17. The van der Waals surface area contributed by atoms with Crippen LogP contribution < -0.4 is 16.6 Å². The summed E-state index contributed by atoms with van der Waals surface area (Å²) in [4.78, 5) is 30.3. The highest BCUT2D eigenvalue weighted by Crippen LogP contribution is 2.14. The van der Waals surface area contributed by atoms with Gasteiger partial charge in [-0.3, -0.25) is 14.3 Å². The molecule has 0 aliphatic carbocycles. The maximum absolute atomic E-state index is 12.0. The van der Waals surface area contributed by atoms with Gasteiger partial charge in [-0.15, -0.1) is 0 Å². The minimum Gasteiger partial charge on any atom is -0.356 e. The minimum atomic E-state index is -0.444. The third-order valence-corrected chi connectivity index (χ3v) is 3.39. The van der Waals surface area contributed by atoms with Gasteiger partial charge in [-0.2, -0.15) is 4.98 Å². The summed E-state index contributed by atoms with van der Waals surface area (Å²) in [6.07, 6.45) is 3.36. The molecule has 0 saturated heterocycles. The van der Waals surface area contributed by atoms with Gasteiger partial charge >= 0.3 is 5.69 Å². The largest absolute Gasteiger partial charge is 0.356 e. The fourth-order valence-electron chi connectivity index (χ4n) is 2.25. The molecule has 2 rings (SSSR count). The number of imidazole rings is 1. The number of hydrogen-bond acceptors (Lipinski definition) is 4. The molecular formula is C13H21N5O2. The molecule has 110 valence electrons. The highest BCUT2D eigenvalue weighted by Gasteiger charge is 2.15. The second-order valence-electron chi connectivity index (χ2n) is 4.80. The predicted molar refractivity (Wildman–Crippen MR) is 79.3 cm³/mol. The van der Waals surface area contributed by atoms with Crippen LogP contribution in [0.15, 0.2) is 9.59 Å². The zero-order chi connectivity index (χ0) is 14.7. The summed E-state index contributed by atoms with van der Waals surface area (Å²) in [5.41, 5.74) is 0.0195. The van der Waals surface area contributed by atoms with Gasteiger partial charge in [0, 0.05) is 20.1 Å². The molecule has 0 bridgehead atoms. The molecule has 0 spiro atoms. The van der Waals surface area contributed by atoms with Crippen molar-refractivity contribution in [1.82, 2.24) is 19.1 Å². The van der Waals surface area contributed by atoms with Gasteiger partial charge in [0.15, 0.2) is 11.2 Å². The van der Waals surface area contributed by atoms with Crippen molar-refractivity contribution in [2.45, 2.75) is 39.7 Å². The highest BCUT2D eigenvalue weighted by molar-refractivity contribution is 5.74. The van der Waals surface area contributed by atoms with E-state index in [0.29, 0.717) is 23.7 Å². The van der Waals surface area contributed by atoms with E-state index in [1.165, 1.54) is 4.57 Å². The van der Waals surface area contributed by atoms with Crippen LogP contribution in [0.4, 0.5) is 5.95 Å². The highest BCUT2D eigenvalue weighted by atomic mass is 16.2. The molecule has 0 unspecified atom stereocenters. The van der Waals surface area contributed by atoms with Gasteiger partial charge in [0.2, 0.25) is 5.95 Å². The number of fused-ring (bicyclic) bond motifs is 1. The first-order valence-corrected chi connectivity index (χ1v) is 7.03. The van der Waals surface area contributed by atoms with E-state index in [1.54, 1.807) is 11.6 Å². The SMILES string of the molecule is CCCCCNc1nc2c(c(=O)[nH]c(=O)n2C)n1CC. The van der Waals surface area contributed by atoms with E-state index in [2.05, 4.69) is 22.2 Å². The van der Waals surface area contributed by atoms with Crippen LogP contribution >= 0.6 is 0 Å². The van der Waals surface area contributed by atoms with Crippen molar-refractivity contribution in [1.29, 1.82) is 0 Å². The maximum atomic E-state index is 12.0. The van der Waals surface area contributed by atoms with Crippen molar-refractivity contribution in [3.8, 4) is 0 Å². The summed E-state index contributed by atoms with van der Waals surface area (Å²) in [5.74, 6) is 0.644. The Morgan fingerprint density at radius 1 is 1.25 bits per heavy atom. The molecule has 0 atom stereocenters. The van der Waals surface area contributed by atoms with E-state index in [0.717, 1.165) is 25.8 Å². The van der Waals surface area contributed by atoms with Crippen LogP contribution in [-0.2, 0) is 13.6 Å². The molecule has 0 saturated carbocycles. The Labute approximate surface area is 116 Å². The van der Waals surface area contributed by atoms with E-state index < -0.39 is 5.69 Å². The molecule has 7 nitrogen and oxygen atoms in total. The summed E-state index contributed by atoms with van der Waals surface area (Å²) in [6.45, 7) is 5.52. The molecular weight excluding hydrogens is 258 g/mol. The summed E-state index contributed by atoms with van der Waals surface area (Å²) in [5, 5.41) is 3.25. The lowest BCUT2D eigenvalue weighted by Gasteiger charge is -2.07. The van der Waals surface area contributed by atoms with Crippen molar-refractivity contribution in [2.75, 3.05) is 11.9 Å². The second kappa shape index (κ2) is 5.94. The van der Waals surface area contributed by atoms with Crippen molar-refractivity contribution in [3.63, 3.8) is 0 Å². The Morgan fingerprint density at radius 3 is 2.65 bits per heavy atom. The quantitative estimate of drug-likeness (QED) is 0.774. The molecule has 20 heavy (non-hydrogen) atoms. The molecule has 0 fully saturated rings. The van der Waals surface area contributed by atoms with Crippen LogP contribution in [0.2, 0.25) is 0 Å². The smallest absolute Gasteiger partial charge is 0.329 e. The average Bonchev–Trinajstić information content (AvgIpc) is 2.80. The molecule has 2 N–H and O–H groups in total. The molecule has 0 aromatic carbocycles. The van der Waals surface area contributed by atoms with Crippen molar-refractivity contribution in [3.05, 3.63) is 20.8 Å². The molecule has 2 heterocycles. The number of anilines is 1. The third-order valence-electron chi connectivity index (χ3n) is 3.39. The van der Waals surface area contributed by atoms with Gasteiger partial charge < -0.3 is 9.88 Å². The average molecular weight is 279 g/mol. The van der Waals surface area contributed by atoms with E-state index in [1.807, 2.05) is 6.92 Å². The Bertz CT molecular complexity index is 710. The Kier molecular flexibility index (Phi) is 4.26. The molecule has 2 aromatic rings. The topological polar surface area (TPSA) is 84.7 Å². The lowest BCUT2D eigenvalue weighted by molar-refractivity contribution is 0.727. The Morgan fingerprint density at radius 2 is 2.00 bits per heavy atom. The number of nitrogens with zero attached hydrogens (tertiary/aromatic N) is 3. The van der Waals surface area contributed by atoms with Crippen LogP contribution in [-0.4, -0.2) is 25.6 Å². The van der Waals surface area contributed by atoms with Crippen LogP contribution in [0.5, 0.6) is 0 Å². The summed E-state index contributed by atoms with van der Waals surface area (Å²) in [6, 6.07) is 0. The monoisotopic (exact) mass is 279 g/mol. The van der Waals surface area contributed by atoms with Crippen LogP contribution in [0.25, 0.3) is 11.2 Å². The molecule has 7 heteroatoms. The van der Waals surface area contributed by atoms with Crippen molar-refractivity contribution < 1.29 is 0 Å². The van der Waals surface area contributed by atoms with E-state index in [4.69, 9.17) is 0 Å². The number of H-pyrrole nitrogens is 1. The molecule has 0 aliphatic rings. The lowest BCUT2D eigenvalue weighted by atomic mass is 10.2. The predicted octanol–water partition coefficient (Wildman–Crippen LogP) is 1.05. The van der Waals surface area contributed by atoms with Crippen molar-refractivity contribution in [2.24, 2.45) is 7.05 Å². The summed E-state index contributed by atoms with van der Waals surface area (Å²) in [7, 11) is 1.61. The normalized spacial score (nSPS) is 11.2.